The van der Waals surface area contributed by atoms with Crippen LogP contribution in [-0.2, 0) is 16.0 Å². The molecule has 1 unspecified atom stereocenters. The molecule has 2 aliphatic heterocycles. The first kappa shape index (κ1) is 30.9. The van der Waals surface area contributed by atoms with Crippen molar-refractivity contribution < 1.29 is 26.4 Å². The topological polar surface area (TPSA) is 105 Å². The van der Waals surface area contributed by atoms with Crippen LogP contribution in [0.2, 0.25) is 0 Å². The van der Waals surface area contributed by atoms with E-state index in [0.717, 1.165) is 23.5 Å². The molecule has 232 valence electrons. The standard InChI is InChI=1S/C29H36F3N7O3S/c1-19-13-20(2)39(35-19)27(40)18-37-11-12-38(17-21(37)3)26-6-5-23(29(30,31)32)14-25(26)22-15-33-28(34-16-22)36-9-7-24(8-10-36)43(4,41)42/h5-6,13-16,21,24H,7-12,17-18H2,1-4H3. The molecule has 43 heavy (non-hydrogen) atoms. The van der Waals surface area contributed by atoms with Gasteiger partial charge in [-0.3, -0.25) is 9.69 Å². The first-order valence-corrected chi connectivity index (χ1v) is 16.2. The molecule has 2 aliphatic rings. The number of halogens is 3. The fourth-order valence-electron chi connectivity index (χ4n) is 5.90. The Balaban J connectivity index is 1.34. The van der Waals surface area contributed by atoms with Gasteiger partial charge in [0.15, 0.2) is 0 Å². The summed E-state index contributed by atoms with van der Waals surface area (Å²) in [4.78, 5) is 27.8. The normalized spacial score (nSPS) is 19.2. The molecule has 2 fully saturated rings. The van der Waals surface area contributed by atoms with Crippen LogP contribution in [0.25, 0.3) is 11.1 Å². The van der Waals surface area contributed by atoms with E-state index >= 15 is 0 Å². The van der Waals surface area contributed by atoms with Crippen LogP contribution in [0.1, 0.15) is 41.5 Å². The molecule has 1 atom stereocenters. The lowest BCUT2D eigenvalue weighted by molar-refractivity contribution is -0.137. The van der Waals surface area contributed by atoms with Gasteiger partial charge in [-0.05, 0) is 57.9 Å². The van der Waals surface area contributed by atoms with Crippen LogP contribution >= 0.6 is 0 Å². The second-order valence-corrected chi connectivity index (χ2v) is 13.8. The van der Waals surface area contributed by atoms with Crippen LogP contribution < -0.4 is 9.80 Å². The van der Waals surface area contributed by atoms with Gasteiger partial charge in [-0.1, -0.05) is 0 Å². The predicted molar refractivity (Wildman–Crippen MR) is 158 cm³/mol. The van der Waals surface area contributed by atoms with Gasteiger partial charge in [0.2, 0.25) is 5.95 Å². The van der Waals surface area contributed by atoms with Crippen molar-refractivity contribution in [2.75, 3.05) is 55.3 Å². The minimum absolute atomic E-state index is 0.0432. The predicted octanol–water partition coefficient (Wildman–Crippen LogP) is 3.84. The second-order valence-electron chi connectivity index (χ2n) is 11.5. The number of hydrogen-bond donors (Lipinski definition) is 0. The van der Waals surface area contributed by atoms with Crippen LogP contribution in [0.3, 0.4) is 0 Å². The van der Waals surface area contributed by atoms with E-state index in [-0.39, 0.29) is 18.5 Å². The number of rotatable bonds is 6. The Hall–Kier alpha value is -3.52. The smallest absolute Gasteiger partial charge is 0.368 e. The van der Waals surface area contributed by atoms with Crippen LogP contribution in [-0.4, -0.2) is 95.8 Å². The Morgan fingerprint density at radius 1 is 1.00 bits per heavy atom. The van der Waals surface area contributed by atoms with Gasteiger partial charge in [0.05, 0.1) is 23.1 Å². The molecule has 0 amide bonds. The maximum atomic E-state index is 13.7. The SMILES string of the molecule is Cc1cc(C)n(C(=O)CN2CCN(c3ccc(C(F)(F)F)cc3-c3cnc(N4CCC(S(C)(=O)=O)CC4)nc3)CC2C)n1. The van der Waals surface area contributed by atoms with Gasteiger partial charge in [0.1, 0.15) is 9.84 Å². The molecule has 1 aromatic carbocycles. The zero-order valence-corrected chi connectivity index (χ0v) is 25.5. The molecule has 0 spiro atoms. The quantitative estimate of drug-likeness (QED) is 0.407. The first-order chi connectivity index (χ1) is 20.2. The monoisotopic (exact) mass is 619 g/mol. The van der Waals surface area contributed by atoms with E-state index < -0.39 is 26.8 Å². The zero-order valence-electron chi connectivity index (χ0n) is 24.7. The summed E-state index contributed by atoms with van der Waals surface area (Å²) in [5, 5.41) is 3.89. The Kier molecular flexibility index (Phi) is 8.54. The minimum atomic E-state index is -4.52. The number of nitrogens with zero attached hydrogens (tertiary/aromatic N) is 7. The summed E-state index contributed by atoms with van der Waals surface area (Å²) in [5.41, 5.74) is 2.24. The average molecular weight is 620 g/mol. The van der Waals surface area contributed by atoms with Gasteiger partial charge in [0.25, 0.3) is 5.91 Å². The van der Waals surface area contributed by atoms with Crippen LogP contribution in [0.15, 0.2) is 36.7 Å². The molecule has 0 aliphatic carbocycles. The summed E-state index contributed by atoms with van der Waals surface area (Å²) in [6.07, 6.45) is 0.715. The van der Waals surface area contributed by atoms with Gasteiger partial charge in [0, 0.05) is 79.9 Å². The Morgan fingerprint density at radius 3 is 2.23 bits per heavy atom. The van der Waals surface area contributed by atoms with E-state index in [0.29, 0.717) is 68.3 Å². The van der Waals surface area contributed by atoms with Gasteiger partial charge in [-0.15, -0.1) is 0 Å². The number of hydrogen-bond acceptors (Lipinski definition) is 9. The highest BCUT2D eigenvalue weighted by molar-refractivity contribution is 7.91. The molecule has 2 saturated heterocycles. The largest absolute Gasteiger partial charge is 0.416 e. The summed E-state index contributed by atoms with van der Waals surface area (Å²) in [5.74, 6) is 0.289. The van der Waals surface area contributed by atoms with E-state index in [2.05, 4.69) is 20.0 Å². The summed E-state index contributed by atoms with van der Waals surface area (Å²) in [7, 11) is -3.12. The van der Waals surface area contributed by atoms with Gasteiger partial charge in [-0.25, -0.2) is 23.1 Å². The molecule has 4 heterocycles. The Bertz CT molecular complexity index is 1580. The van der Waals surface area contributed by atoms with Crippen LogP contribution in [0.5, 0.6) is 0 Å². The van der Waals surface area contributed by atoms with Crippen molar-refractivity contribution in [3.8, 4) is 11.1 Å². The van der Waals surface area contributed by atoms with Crippen molar-refractivity contribution >= 4 is 27.4 Å². The molecule has 0 bridgehead atoms. The van der Waals surface area contributed by atoms with Crippen molar-refractivity contribution in [2.45, 2.75) is 51.1 Å². The van der Waals surface area contributed by atoms with Gasteiger partial charge >= 0.3 is 6.18 Å². The number of carbonyl (C=O) groups is 1. The molecule has 10 nitrogen and oxygen atoms in total. The second kappa shape index (κ2) is 11.9. The molecule has 0 radical (unpaired) electrons. The lowest BCUT2D eigenvalue weighted by Crippen LogP contribution is -2.54. The average Bonchev–Trinajstić information content (AvgIpc) is 3.30. The fraction of sp³-hybridized carbons (Fsp3) is 0.517. The maximum absolute atomic E-state index is 13.7. The highest BCUT2D eigenvalue weighted by Crippen LogP contribution is 2.38. The molecular formula is C29H36F3N7O3S. The number of carbonyl (C=O) groups excluding carboxylic acids is 1. The van der Waals surface area contributed by atoms with Crippen LogP contribution in [0, 0.1) is 13.8 Å². The number of alkyl halides is 3. The lowest BCUT2D eigenvalue weighted by Gasteiger charge is -2.41. The van der Waals surface area contributed by atoms with E-state index in [4.69, 9.17) is 0 Å². The minimum Gasteiger partial charge on any atom is -0.368 e. The summed E-state index contributed by atoms with van der Waals surface area (Å²) >= 11 is 0. The molecule has 3 aromatic rings. The number of aryl methyl sites for hydroxylation is 2. The number of anilines is 2. The highest BCUT2D eigenvalue weighted by Gasteiger charge is 2.33. The van der Waals surface area contributed by atoms with E-state index in [1.807, 2.05) is 36.6 Å². The lowest BCUT2D eigenvalue weighted by atomic mass is 10.0. The zero-order chi connectivity index (χ0) is 31.1. The number of benzene rings is 1. The maximum Gasteiger partial charge on any atom is 0.416 e. The summed E-state index contributed by atoms with van der Waals surface area (Å²) in [6, 6.07) is 5.52. The van der Waals surface area contributed by atoms with Crippen molar-refractivity contribution in [3.63, 3.8) is 0 Å². The third kappa shape index (κ3) is 6.85. The number of aromatic nitrogens is 4. The van der Waals surface area contributed by atoms with Crippen LogP contribution in [0.4, 0.5) is 24.8 Å². The van der Waals surface area contributed by atoms with E-state index in [9.17, 15) is 26.4 Å². The highest BCUT2D eigenvalue weighted by atomic mass is 32.2. The summed E-state index contributed by atoms with van der Waals surface area (Å²) in [6.45, 7) is 8.39. The third-order valence-electron chi connectivity index (χ3n) is 8.29. The number of sulfone groups is 1. The Labute approximate surface area is 249 Å². The van der Waals surface area contributed by atoms with Crippen molar-refractivity contribution in [1.29, 1.82) is 0 Å². The Morgan fingerprint density at radius 2 is 1.67 bits per heavy atom. The number of piperidine rings is 1. The van der Waals surface area contributed by atoms with Crippen molar-refractivity contribution in [2.24, 2.45) is 0 Å². The van der Waals surface area contributed by atoms with E-state index in [1.165, 1.54) is 29.4 Å². The van der Waals surface area contributed by atoms with Gasteiger partial charge < -0.3 is 9.80 Å². The number of piperazine rings is 1. The third-order valence-corrected chi connectivity index (χ3v) is 9.98. The van der Waals surface area contributed by atoms with E-state index in [1.54, 1.807) is 0 Å². The summed E-state index contributed by atoms with van der Waals surface area (Å²) < 4.78 is 66.4. The molecule has 5 rings (SSSR count). The van der Waals surface area contributed by atoms with Crippen molar-refractivity contribution in [1.82, 2.24) is 24.6 Å². The van der Waals surface area contributed by atoms with Crippen molar-refractivity contribution in [3.05, 3.63) is 53.6 Å². The first-order valence-electron chi connectivity index (χ1n) is 14.2. The molecule has 0 saturated carbocycles. The molecular weight excluding hydrogens is 583 g/mol. The van der Waals surface area contributed by atoms with Gasteiger partial charge in [-0.2, -0.15) is 18.3 Å². The fourth-order valence-corrected chi connectivity index (χ4v) is 6.97. The molecule has 0 N–H and O–H groups in total. The molecule has 2 aromatic heterocycles. The molecule has 14 heteroatoms.